The maximum absolute atomic E-state index is 3.55. The van der Waals surface area contributed by atoms with Gasteiger partial charge in [0.05, 0.1) is 0 Å². The zero-order valence-corrected chi connectivity index (χ0v) is 10.1. The number of thiophene rings is 1. The third-order valence-corrected chi connectivity index (χ3v) is 3.51. The van der Waals surface area contributed by atoms with E-state index >= 15 is 0 Å². The van der Waals surface area contributed by atoms with Crippen molar-refractivity contribution in [3.8, 4) is 0 Å². The summed E-state index contributed by atoms with van der Waals surface area (Å²) in [5, 5.41) is 5.70. The molecule has 0 radical (unpaired) electrons. The molecule has 0 aliphatic carbocycles. The Morgan fingerprint density at radius 1 is 1.36 bits per heavy atom. The molecule has 1 heterocycles. The average Bonchev–Trinajstić information content (AvgIpc) is 2.70. The molecule has 80 valence electrons. The first kappa shape index (κ1) is 11.7. The van der Waals surface area contributed by atoms with E-state index in [4.69, 9.17) is 0 Å². The lowest BCUT2D eigenvalue weighted by atomic mass is 10.2. The van der Waals surface area contributed by atoms with E-state index in [9.17, 15) is 0 Å². The van der Waals surface area contributed by atoms with E-state index in [0.29, 0.717) is 6.04 Å². The van der Waals surface area contributed by atoms with Crippen molar-refractivity contribution in [2.24, 2.45) is 0 Å². The number of rotatable bonds is 7. The Hall–Kier alpha value is -0.340. The third kappa shape index (κ3) is 4.25. The highest BCUT2D eigenvalue weighted by atomic mass is 32.1. The molecule has 0 saturated carbocycles. The number of unbranched alkanes of at least 4 members (excludes halogenated alkanes) is 3. The molecular weight excluding hydrogens is 190 g/mol. The maximum atomic E-state index is 3.55. The van der Waals surface area contributed by atoms with Gasteiger partial charge in [0.1, 0.15) is 0 Å². The first-order valence-electron chi connectivity index (χ1n) is 5.61. The lowest BCUT2D eigenvalue weighted by molar-refractivity contribution is 0.542. The van der Waals surface area contributed by atoms with Crippen LogP contribution in [-0.4, -0.2) is 6.54 Å². The third-order valence-electron chi connectivity index (χ3n) is 2.45. The summed E-state index contributed by atoms with van der Waals surface area (Å²) in [4.78, 5) is 1.44. The van der Waals surface area contributed by atoms with Crippen LogP contribution in [0.4, 0.5) is 0 Å². The van der Waals surface area contributed by atoms with Crippen molar-refractivity contribution in [2.75, 3.05) is 6.54 Å². The molecule has 2 heteroatoms. The van der Waals surface area contributed by atoms with E-state index in [1.54, 1.807) is 0 Å². The minimum absolute atomic E-state index is 0.525. The molecule has 1 N–H and O–H groups in total. The largest absolute Gasteiger partial charge is 0.309 e. The summed E-state index contributed by atoms with van der Waals surface area (Å²) in [6.45, 7) is 5.65. The predicted octanol–water partition coefficient (Wildman–Crippen LogP) is 3.98. The summed E-state index contributed by atoms with van der Waals surface area (Å²) in [5.41, 5.74) is 0. The van der Waals surface area contributed by atoms with Crippen LogP contribution in [0.3, 0.4) is 0 Å². The van der Waals surface area contributed by atoms with Crippen LogP contribution in [0.2, 0.25) is 0 Å². The zero-order chi connectivity index (χ0) is 10.2. The first-order valence-corrected chi connectivity index (χ1v) is 6.49. The van der Waals surface area contributed by atoms with Crippen LogP contribution in [0.5, 0.6) is 0 Å². The van der Waals surface area contributed by atoms with Gasteiger partial charge >= 0.3 is 0 Å². The number of nitrogens with one attached hydrogen (secondary N) is 1. The lowest BCUT2D eigenvalue weighted by Crippen LogP contribution is -2.18. The Morgan fingerprint density at radius 2 is 2.21 bits per heavy atom. The van der Waals surface area contributed by atoms with E-state index in [0.717, 1.165) is 6.54 Å². The van der Waals surface area contributed by atoms with Gasteiger partial charge in [0, 0.05) is 10.9 Å². The second-order valence-corrected chi connectivity index (χ2v) is 4.73. The van der Waals surface area contributed by atoms with Crippen molar-refractivity contribution in [3.63, 3.8) is 0 Å². The SMILES string of the molecule is CCCCCCN[C@H](C)c1cccs1. The van der Waals surface area contributed by atoms with E-state index in [1.165, 1.54) is 30.6 Å². The highest BCUT2D eigenvalue weighted by Gasteiger charge is 2.03. The molecule has 0 unspecified atom stereocenters. The summed E-state index contributed by atoms with van der Waals surface area (Å²) in [7, 11) is 0. The standard InChI is InChI=1S/C12H21NS/c1-3-4-5-6-9-13-11(2)12-8-7-10-14-12/h7-8,10-11,13H,3-6,9H2,1-2H3/t11-/m1/s1. The minimum Gasteiger partial charge on any atom is -0.309 e. The lowest BCUT2D eigenvalue weighted by Gasteiger charge is -2.11. The Labute approximate surface area is 91.5 Å². The molecule has 1 atom stereocenters. The van der Waals surface area contributed by atoms with E-state index in [1.807, 2.05) is 11.3 Å². The minimum atomic E-state index is 0.525. The van der Waals surface area contributed by atoms with E-state index in [2.05, 4.69) is 36.7 Å². The summed E-state index contributed by atoms with van der Waals surface area (Å²) in [6.07, 6.45) is 5.36. The Balaban J connectivity index is 2.07. The van der Waals surface area contributed by atoms with Gasteiger partial charge in [0.15, 0.2) is 0 Å². The monoisotopic (exact) mass is 211 g/mol. The van der Waals surface area contributed by atoms with Crippen molar-refractivity contribution in [1.29, 1.82) is 0 Å². The van der Waals surface area contributed by atoms with Crippen molar-refractivity contribution in [1.82, 2.24) is 5.32 Å². The van der Waals surface area contributed by atoms with Crippen LogP contribution in [0.15, 0.2) is 17.5 Å². The van der Waals surface area contributed by atoms with E-state index < -0.39 is 0 Å². The second-order valence-electron chi connectivity index (χ2n) is 3.75. The van der Waals surface area contributed by atoms with Crippen molar-refractivity contribution < 1.29 is 0 Å². The van der Waals surface area contributed by atoms with Crippen molar-refractivity contribution in [2.45, 2.75) is 45.6 Å². The van der Waals surface area contributed by atoms with Gasteiger partial charge < -0.3 is 5.32 Å². The molecule has 0 amide bonds. The van der Waals surface area contributed by atoms with Crippen LogP contribution in [0.25, 0.3) is 0 Å². The molecule has 1 aromatic rings. The molecule has 1 rings (SSSR count). The second kappa shape index (κ2) is 7.02. The van der Waals surface area contributed by atoms with Crippen LogP contribution >= 0.6 is 11.3 Å². The Kier molecular flexibility index (Phi) is 5.88. The Bertz CT molecular complexity index is 218. The highest BCUT2D eigenvalue weighted by Crippen LogP contribution is 2.17. The summed E-state index contributed by atoms with van der Waals surface area (Å²) >= 11 is 1.84. The van der Waals surface area contributed by atoms with Gasteiger partial charge in [-0.3, -0.25) is 0 Å². The Morgan fingerprint density at radius 3 is 2.86 bits per heavy atom. The quantitative estimate of drug-likeness (QED) is 0.673. The number of hydrogen-bond donors (Lipinski definition) is 1. The van der Waals surface area contributed by atoms with Gasteiger partial charge in [-0.15, -0.1) is 11.3 Å². The molecule has 1 aromatic heterocycles. The molecule has 0 saturated heterocycles. The van der Waals surface area contributed by atoms with Crippen molar-refractivity contribution >= 4 is 11.3 Å². The van der Waals surface area contributed by atoms with Gasteiger partial charge in [-0.05, 0) is 31.3 Å². The molecule has 0 bridgehead atoms. The van der Waals surface area contributed by atoms with Crippen LogP contribution in [0, 0.1) is 0 Å². The molecule has 0 spiro atoms. The number of hydrogen-bond acceptors (Lipinski definition) is 2. The first-order chi connectivity index (χ1) is 6.84. The van der Waals surface area contributed by atoms with Gasteiger partial charge in [0.2, 0.25) is 0 Å². The summed E-state index contributed by atoms with van der Waals surface area (Å²) in [6, 6.07) is 4.85. The predicted molar refractivity (Wildman–Crippen MR) is 64.9 cm³/mol. The zero-order valence-electron chi connectivity index (χ0n) is 9.25. The van der Waals surface area contributed by atoms with Gasteiger partial charge in [-0.1, -0.05) is 32.3 Å². The molecule has 1 nitrogen and oxygen atoms in total. The van der Waals surface area contributed by atoms with E-state index in [-0.39, 0.29) is 0 Å². The molecular formula is C12H21NS. The fraction of sp³-hybridized carbons (Fsp3) is 0.667. The fourth-order valence-electron chi connectivity index (χ4n) is 1.51. The average molecular weight is 211 g/mol. The molecule has 14 heavy (non-hydrogen) atoms. The van der Waals surface area contributed by atoms with Crippen LogP contribution < -0.4 is 5.32 Å². The summed E-state index contributed by atoms with van der Waals surface area (Å²) < 4.78 is 0. The fourth-order valence-corrected chi connectivity index (χ4v) is 2.27. The normalized spacial score (nSPS) is 13.0. The summed E-state index contributed by atoms with van der Waals surface area (Å²) in [5.74, 6) is 0. The smallest absolute Gasteiger partial charge is 0.0386 e. The topological polar surface area (TPSA) is 12.0 Å². The van der Waals surface area contributed by atoms with Crippen molar-refractivity contribution in [3.05, 3.63) is 22.4 Å². The highest BCUT2D eigenvalue weighted by molar-refractivity contribution is 7.10. The molecule has 0 fully saturated rings. The van der Waals surface area contributed by atoms with Gasteiger partial charge in [0.25, 0.3) is 0 Å². The molecule has 0 aliphatic heterocycles. The van der Waals surface area contributed by atoms with Gasteiger partial charge in [-0.25, -0.2) is 0 Å². The van der Waals surface area contributed by atoms with Gasteiger partial charge in [-0.2, -0.15) is 0 Å². The van der Waals surface area contributed by atoms with Crippen LogP contribution in [-0.2, 0) is 0 Å². The maximum Gasteiger partial charge on any atom is 0.0386 e. The molecule has 0 aromatic carbocycles. The molecule has 0 aliphatic rings. The van der Waals surface area contributed by atoms with Crippen LogP contribution in [0.1, 0.15) is 50.4 Å².